The topological polar surface area (TPSA) is 67.9 Å². The molecule has 0 amide bonds. The van der Waals surface area contributed by atoms with Gasteiger partial charge >= 0.3 is 0 Å². The van der Waals surface area contributed by atoms with Crippen LogP contribution in [0.25, 0.3) is 45.0 Å². The summed E-state index contributed by atoms with van der Waals surface area (Å²) in [4.78, 5) is 5.00. The molecule has 0 fully saturated rings. The van der Waals surface area contributed by atoms with Gasteiger partial charge in [0.1, 0.15) is 11.4 Å². The summed E-state index contributed by atoms with van der Waals surface area (Å²) < 4.78 is 4.18. The molecule has 0 bridgehead atoms. The number of rotatable bonds is 8. The van der Waals surface area contributed by atoms with Crippen LogP contribution >= 0.6 is 0 Å². The Morgan fingerprint density at radius 3 is 1.31 bits per heavy atom. The number of para-hydroxylation sites is 2. The van der Waals surface area contributed by atoms with Crippen LogP contribution in [0.1, 0.15) is 66.5 Å². The van der Waals surface area contributed by atoms with Crippen LogP contribution < -0.4 is 9.80 Å². The highest BCUT2D eigenvalue weighted by Gasteiger charge is 2.28. The number of aromatic nitrogens is 6. The molecule has 0 saturated carbocycles. The van der Waals surface area contributed by atoms with Gasteiger partial charge in [-0.2, -0.15) is 0 Å². The second-order valence-electron chi connectivity index (χ2n) is 16.6. The van der Waals surface area contributed by atoms with Gasteiger partial charge in [0.05, 0.1) is 11.4 Å². The molecule has 4 heterocycles. The van der Waals surface area contributed by atoms with Gasteiger partial charge < -0.3 is 9.80 Å². The number of fused-ring (bicyclic) bond motifs is 10. The van der Waals surface area contributed by atoms with Gasteiger partial charge in [-0.3, -0.25) is 0 Å². The number of benzene rings is 4. The molecule has 8 nitrogen and oxygen atoms in total. The van der Waals surface area contributed by atoms with Crippen LogP contribution in [0.2, 0.25) is 0 Å². The Morgan fingerprint density at radius 2 is 0.796 bits per heavy atom. The third-order valence-electron chi connectivity index (χ3n) is 9.98. The van der Waals surface area contributed by atoms with Gasteiger partial charge in [-0.1, -0.05) is 151 Å². The Labute approximate surface area is 321 Å². The van der Waals surface area contributed by atoms with Gasteiger partial charge in [0.2, 0.25) is 0 Å². The first-order valence-electron chi connectivity index (χ1n) is 19.8. The van der Waals surface area contributed by atoms with Crippen LogP contribution in [-0.4, -0.2) is 43.1 Å². The minimum absolute atomic E-state index is 0.510. The zero-order chi connectivity index (χ0) is 37.9. The lowest BCUT2D eigenvalue weighted by Crippen LogP contribution is -2.28. The first-order valence-corrected chi connectivity index (χ1v) is 19.8. The van der Waals surface area contributed by atoms with Gasteiger partial charge in [-0.05, 0) is 46.9 Å². The first-order chi connectivity index (χ1) is 26.1. The molecule has 6 aromatic rings. The van der Waals surface area contributed by atoms with E-state index in [0.29, 0.717) is 23.7 Å². The summed E-state index contributed by atoms with van der Waals surface area (Å²) >= 11 is 0. The van der Waals surface area contributed by atoms with E-state index >= 15 is 0 Å². The van der Waals surface area contributed by atoms with Gasteiger partial charge in [0.15, 0.2) is 0 Å². The molecule has 2 aliphatic heterocycles. The van der Waals surface area contributed by atoms with Crippen molar-refractivity contribution >= 4 is 11.4 Å². The summed E-state index contributed by atoms with van der Waals surface area (Å²) in [6.07, 6.45) is 0. The lowest BCUT2D eigenvalue weighted by atomic mass is 9.95. The van der Waals surface area contributed by atoms with E-state index in [-0.39, 0.29) is 0 Å². The van der Waals surface area contributed by atoms with Gasteiger partial charge in [-0.25, -0.2) is 9.36 Å². The van der Waals surface area contributed by atoms with Crippen molar-refractivity contribution in [3.05, 3.63) is 108 Å². The van der Waals surface area contributed by atoms with E-state index in [4.69, 9.17) is 0 Å². The molecule has 0 radical (unpaired) electrons. The molecule has 8 heteroatoms. The Balaban J connectivity index is 0.000000167. The molecule has 2 aromatic heterocycles. The predicted octanol–water partition coefficient (Wildman–Crippen LogP) is 10.5. The summed E-state index contributed by atoms with van der Waals surface area (Å²) in [7, 11) is 0. The SMILES string of the molecule is CC(C)CN1Cc2ccccc2-c2c(nnn2CC(C)C)-c2ccccc21.CC(C)CN1Cc2ccccc2-c2nnn(CC(C)C)c2-c2ccccc21. The van der Waals surface area contributed by atoms with Crippen molar-refractivity contribution in [3.8, 4) is 45.0 Å². The maximum Gasteiger partial charge on any atom is 0.123 e. The third-order valence-corrected chi connectivity index (χ3v) is 9.98. The van der Waals surface area contributed by atoms with Crippen molar-refractivity contribution in [2.24, 2.45) is 23.7 Å². The fourth-order valence-corrected chi connectivity index (χ4v) is 7.94. The zero-order valence-corrected chi connectivity index (χ0v) is 33.4. The molecular weight excluding hydrogens is 665 g/mol. The molecule has 0 spiro atoms. The van der Waals surface area contributed by atoms with Crippen LogP contribution in [0.3, 0.4) is 0 Å². The molecule has 0 N–H and O–H groups in total. The summed E-state index contributed by atoms with van der Waals surface area (Å²) in [5.74, 6) is 2.19. The summed E-state index contributed by atoms with van der Waals surface area (Å²) in [6.45, 7) is 23.6. The van der Waals surface area contributed by atoms with Crippen LogP contribution in [0, 0.1) is 23.7 Å². The molecule has 0 unspecified atom stereocenters. The fraction of sp³-hybridized carbons (Fsp3) is 0.391. The highest BCUT2D eigenvalue weighted by molar-refractivity contribution is 5.89. The fourth-order valence-electron chi connectivity index (χ4n) is 7.94. The van der Waals surface area contributed by atoms with Gasteiger partial charge in [-0.15, -0.1) is 10.2 Å². The van der Waals surface area contributed by atoms with Crippen molar-refractivity contribution in [2.45, 2.75) is 81.6 Å². The molecule has 4 aromatic carbocycles. The van der Waals surface area contributed by atoms with Gasteiger partial charge in [0, 0.05) is 72.9 Å². The molecule has 2 aliphatic rings. The standard InChI is InChI=1S/2C23H28N4/c1-16(2)13-26-15-18-9-5-6-10-19(18)23-22(20-11-7-8-12-21(20)26)24-25-27(23)14-17(3)4;1-16(2)13-26-15-18-9-5-6-10-19(18)22-23(20-11-7-8-12-21(20)26)27(25-24-22)14-17(3)4/h2*5-12,16-17H,13-15H2,1-4H3. The predicted molar refractivity (Wildman–Crippen MR) is 223 cm³/mol. The van der Waals surface area contributed by atoms with Crippen molar-refractivity contribution in [3.63, 3.8) is 0 Å². The molecule has 0 aliphatic carbocycles. The minimum atomic E-state index is 0.510. The summed E-state index contributed by atoms with van der Waals surface area (Å²) in [5.41, 5.74) is 14.3. The van der Waals surface area contributed by atoms with E-state index in [1.807, 2.05) is 0 Å². The van der Waals surface area contributed by atoms with E-state index in [2.05, 4.69) is 192 Å². The quantitative estimate of drug-likeness (QED) is 0.156. The average molecular weight is 721 g/mol. The maximum absolute atomic E-state index is 4.65. The normalized spacial score (nSPS) is 13.2. The molecule has 8 rings (SSSR count). The second-order valence-corrected chi connectivity index (χ2v) is 16.6. The molecule has 54 heavy (non-hydrogen) atoms. The van der Waals surface area contributed by atoms with Gasteiger partial charge in [0.25, 0.3) is 0 Å². The van der Waals surface area contributed by atoms with E-state index in [9.17, 15) is 0 Å². The Bertz CT molecular complexity index is 2190. The highest BCUT2D eigenvalue weighted by Crippen LogP contribution is 2.43. The number of hydrogen-bond acceptors (Lipinski definition) is 6. The largest absolute Gasteiger partial charge is 0.366 e. The van der Waals surface area contributed by atoms with Crippen LogP contribution in [0.4, 0.5) is 11.4 Å². The number of hydrogen-bond donors (Lipinski definition) is 0. The van der Waals surface area contributed by atoms with Crippen molar-refractivity contribution in [1.82, 2.24) is 30.0 Å². The average Bonchev–Trinajstić information content (AvgIpc) is 3.73. The summed E-state index contributed by atoms with van der Waals surface area (Å²) in [6, 6.07) is 34.7. The highest BCUT2D eigenvalue weighted by atomic mass is 15.4. The molecule has 0 saturated heterocycles. The Hall–Kier alpha value is -5.24. The van der Waals surface area contributed by atoms with Crippen LogP contribution in [0.5, 0.6) is 0 Å². The lowest BCUT2D eigenvalue weighted by Gasteiger charge is -2.31. The lowest BCUT2D eigenvalue weighted by molar-refractivity contribution is 0.475. The molecule has 0 atom stereocenters. The maximum atomic E-state index is 4.65. The first kappa shape index (κ1) is 37.1. The molecular formula is C46H56N8. The van der Waals surface area contributed by atoms with Crippen molar-refractivity contribution in [2.75, 3.05) is 22.9 Å². The zero-order valence-electron chi connectivity index (χ0n) is 33.4. The Kier molecular flexibility index (Phi) is 11.0. The number of anilines is 2. The van der Waals surface area contributed by atoms with Crippen LogP contribution in [-0.2, 0) is 26.2 Å². The van der Waals surface area contributed by atoms with Crippen molar-refractivity contribution in [1.29, 1.82) is 0 Å². The monoisotopic (exact) mass is 720 g/mol. The number of nitrogens with zero attached hydrogens (tertiary/aromatic N) is 8. The summed E-state index contributed by atoms with van der Waals surface area (Å²) in [5, 5.41) is 18.4. The smallest absolute Gasteiger partial charge is 0.123 e. The van der Waals surface area contributed by atoms with E-state index in [1.54, 1.807) is 0 Å². The van der Waals surface area contributed by atoms with E-state index in [1.165, 1.54) is 44.8 Å². The van der Waals surface area contributed by atoms with E-state index < -0.39 is 0 Å². The molecule has 280 valence electrons. The second kappa shape index (κ2) is 16.0. The Morgan fingerprint density at radius 1 is 0.426 bits per heavy atom. The van der Waals surface area contributed by atoms with Crippen molar-refractivity contribution < 1.29 is 0 Å². The third kappa shape index (κ3) is 7.70. The minimum Gasteiger partial charge on any atom is -0.366 e. The van der Waals surface area contributed by atoms with E-state index in [0.717, 1.165) is 62.0 Å². The van der Waals surface area contributed by atoms with Crippen LogP contribution in [0.15, 0.2) is 97.1 Å².